The molecule has 86 valence electrons. The molecule has 1 aromatic carbocycles. The third-order valence-electron chi connectivity index (χ3n) is 2.19. The van der Waals surface area contributed by atoms with Crippen molar-refractivity contribution >= 4 is 10.0 Å². The summed E-state index contributed by atoms with van der Waals surface area (Å²) in [6.07, 6.45) is 0. The Morgan fingerprint density at radius 1 is 1.31 bits per heavy atom. The highest BCUT2D eigenvalue weighted by Gasteiger charge is 2.19. The minimum absolute atomic E-state index is 0.321. The summed E-state index contributed by atoms with van der Waals surface area (Å²) in [5, 5.41) is 8.46. The minimum Gasteiger partial charge on any atom is -0.211 e. The molecule has 5 heteroatoms. The molecule has 1 aromatic rings. The van der Waals surface area contributed by atoms with Crippen molar-refractivity contribution in [3.05, 3.63) is 35.9 Å². The van der Waals surface area contributed by atoms with Crippen LogP contribution in [0.3, 0.4) is 0 Å². The zero-order chi connectivity index (χ0) is 12.0. The molecule has 16 heavy (non-hydrogen) atoms. The summed E-state index contributed by atoms with van der Waals surface area (Å²) >= 11 is 0. The highest BCUT2D eigenvalue weighted by atomic mass is 32.2. The highest BCUT2D eigenvalue weighted by molar-refractivity contribution is 7.89. The van der Waals surface area contributed by atoms with Gasteiger partial charge in [0.15, 0.2) is 5.75 Å². The van der Waals surface area contributed by atoms with Crippen molar-refractivity contribution in [1.82, 2.24) is 4.31 Å². The standard InChI is InChI=1S/C11H14N2O2S/c1-2-13(16(14,15)9-8-12)10-11-6-4-3-5-7-11/h3-7H,2,9-10H2,1H3. The van der Waals surface area contributed by atoms with Gasteiger partial charge in [0.25, 0.3) is 0 Å². The summed E-state index contributed by atoms with van der Waals surface area (Å²) in [5.74, 6) is -0.465. The van der Waals surface area contributed by atoms with Gasteiger partial charge in [-0.05, 0) is 5.56 Å². The Balaban J connectivity index is 2.82. The average molecular weight is 238 g/mol. The molecule has 0 saturated heterocycles. The van der Waals surface area contributed by atoms with Gasteiger partial charge in [-0.25, -0.2) is 8.42 Å². The lowest BCUT2D eigenvalue weighted by Crippen LogP contribution is -2.32. The lowest BCUT2D eigenvalue weighted by Gasteiger charge is -2.18. The molecule has 0 atom stereocenters. The molecule has 1 rings (SSSR count). The maximum absolute atomic E-state index is 11.7. The van der Waals surface area contributed by atoms with E-state index >= 15 is 0 Å². The molecule has 0 N–H and O–H groups in total. The van der Waals surface area contributed by atoms with Gasteiger partial charge in [-0.15, -0.1) is 0 Å². The van der Waals surface area contributed by atoms with Gasteiger partial charge in [0.1, 0.15) is 0 Å². The van der Waals surface area contributed by atoms with E-state index in [0.29, 0.717) is 13.1 Å². The van der Waals surface area contributed by atoms with Crippen LogP contribution in [0.15, 0.2) is 30.3 Å². The zero-order valence-electron chi connectivity index (χ0n) is 9.13. The zero-order valence-corrected chi connectivity index (χ0v) is 9.94. The number of benzene rings is 1. The van der Waals surface area contributed by atoms with Crippen molar-refractivity contribution < 1.29 is 8.42 Å². The third kappa shape index (κ3) is 3.33. The van der Waals surface area contributed by atoms with E-state index in [0.717, 1.165) is 5.56 Å². The molecule has 4 nitrogen and oxygen atoms in total. The molecule has 0 aromatic heterocycles. The van der Waals surface area contributed by atoms with Crippen LogP contribution in [0.5, 0.6) is 0 Å². The van der Waals surface area contributed by atoms with Crippen LogP contribution >= 0.6 is 0 Å². The summed E-state index contributed by atoms with van der Waals surface area (Å²) in [6.45, 7) is 2.46. The maximum Gasteiger partial charge on any atom is 0.227 e. The SMILES string of the molecule is CCN(Cc1ccccc1)S(=O)(=O)CC#N. The number of nitriles is 1. The molecular formula is C11H14N2O2S. The second-order valence-electron chi connectivity index (χ2n) is 3.33. The summed E-state index contributed by atoms with van der Waals surface area (Å²) in [7, 11) is -3.45. The number of rotatable bonds is 5. The molecule has 0 heterocycles. The predicted octanol–water partition coefficient (Wildman–Crippen LogP) is 1.36. The molecule has 0 aliphatic heterocycles. The van der Waals surface area contributed by atoms with Gasteiger partial charge in [0, 0.05) is 13.1 Å². The van der Waals surface area contributed by atoms with E-state index in [9.17, 15) is 8.42 Å². The monoisotopic (exact) mass is 238 g/mol. The fourth-order valence-electron chi connectivity index (χ4n) is 1.37. The van der Waals surface area contributed by atoms with Crippen LogP contribution in [0.1, 0.15) is 12.5 Å². The molecule has 0 bridgehead atoms. The second kappa shape index (κ2) is 5.64. The van der Waals surface area contributed by atoms with Gasteiger partial charge in [-0.3, -0.25) is 0 Å². The first-order chi connectivity index (χ1) is 7.60. The Labute approximate surface area is 96.2 Å². The number of nitrogens with zero attached hydrogens (tertiary/aromatic N) is 2. The molecule has 0 radical (unpaired) electrons. The smallest absolute Gasteiger partial charge is 0.211 e. The Morgan fingerprint density at radius 3 is 2.44 bits per heavy atom. The largest absolute Gasteiger partial charge is 0.227 e. The van der Waals surface area contributed by atoms with E-state index in [4.69, 9.17) is 5.26 Å². The Hall–Kier alpha value is -1.38. The van der Waals surface area contributed by atoms with Gasteiger partial charge < -0.3 is 0 Å². The molecule has 0 spiro atoms. The van der Waals surface area contributed by atoms with Crippen LogP contribution in [0.2, 0.25) is 0 Å². The fourth-order valence-corrected chi connectivity index (χ4v) is 2.45. The lowest BCUT2D eigenvalue weighted by atomic mass is 10.2. The number of hydrogen-bond acceptors (Lipinski definition) is 3. The van der Waals surface area contributed by atoms with Crippen molar-refractivity contribution in [2.24, 2.45) is 0 Å². The summed E-state index contributed by atoms with van der Waals surface area (Å²) < 4.78 is 24.7. The van der Waals surface area contributed by atoms with Crippen molar-refractivity contribution in [2.45, 2.75) is 13.5 Å². The van der Waals surface area contributed by atoms with Gasteiger partial charge in [-0.2, -0.15) is 9.57 Å². The topological polar surface area (TPSA) is 61.2 Å². The Morgan fingerprint density at radius 2 is 1.94 bits per heavy atom. The molecule has 0 saturated carbocycles. The summed E-state index contributed by atoms with van der Waals surface area (Å²) in [4.78, 5) is 0. The Kier molecular flexibility index (Phi) is 4.47. The average Bonchev–Trinajstić information content (AvgIpc) is 2.27. The number of sulfonamides is 1. The number of hydrogen-bond donors (Lipinski definition) is 0. The van der Waals surface area contributed by atoms with Gasteiger partial charge in [-0.1, -0.05) is 37.3 Å². The first-order valence-corrected chi connectivity index (χ1v) is 6.59. The van der Waals surface area contributed by atoms with Crippen LogP contribution in [0.4, 0.5) is 0 Å². The van der Waals surface area contributed by atoms with Crippen molar-refractivity contribution in [3.8, 4) is 6.07 Å². The van der Waals surface area contributed by atoms with E-state index in [1.807, 2.05) is 30.3 Å². The van der Waals surface area contributed by atoms with Crippen LogP contribution in [-0.4, -0.2) is 25.0 Å². The first-order valence-electron chi connectivity index (χ1n) is 4.99. The molecule has 0 unspecified atom stereocenters. The Bertz CT molecular complexity index is 463. The van der Waals surface area contributed by atoms with E-state index in [1.54, 1.807) is 13.0 Å². The van der Waals surface area contributed by atoms with Crippen LogP contribution in [0, 0.1) is 11.3 Å². The molecular weight excluding hydrogens is 224 g/mol. The van der Waals surface area contributed by atoms with Crippen LogP contribution in [0.25, 0.3) is 0 Å². The van der Waals surface area contributed by atoms with Crippen LogP contribution in [-0.2, 0) is 16.6 Å². The summed E-state index contributed by atoms with van der Waals surface area (Å²) in [6, 6.07) is 11.0. The molecule has 0 fully saturated rings. The van der Waals surface area contributed by atoms with Gasteiger partial charge >= 0.3 is 0 Å². The first kappa shape index (κ1) is 12.7. The predicted molar refractivity (Wildman–Crippen MR) is 61.9 cm³/mol. The maximum atomic E-state index is 11.7. The fraction of sp³-hybridized carbons (Fsp3) is 0.364. The van der Waals surface area contributed by atoms with Crippen molar-refractivity contribution in [3.63, 3.8) is 0 Å². The van der Waals surface area contributed by atoms with Crippen molar-refractivity contribution in [2.75, 3.05) is 12.3 Å². The van der Waals surface area contributed by atoms with Gasteiger partial charge in [0.2, 0.25) is 10.0 Å². The van der Waals surface area contributed by atoms with Gasteiger partial charge in [0.05, 0.1) is 6.07 Å². The van der Waals surface area contributed by atoms with E-state index < -0.39 is 15.8 Å². The van der Waals surface area contributed by atoms with E-state index in [2.05, 4.69) is 0 Å². The van der Waals surface area contributed by atoms with Crippen LogP contribution < -0.4 is 0 Å². The highest BCUT2D eigenvalue weighted by Crippen LogP contribution is 2.09. The van der Waals surface area contributed by atoms with E-state index in [1.165, 1.54) is 4.31 Å². The quantitative estimate of drug-likeness (QED) is 0.778. The third-order valence-corrected chi connectivity index (χ3v) is 3.86. The molecule has 0 aliphatic carbocycles. The summed E-state index contributed by atoms with van der Waals surface area (Å²) in [5.41, 5.74) is 0.922. The lowest BCUT2D eigenvalue weighted by molar-refractivity contribution is 0.426. The second-order valence-corrected chi connectivity index (χ2v) is 5.30. The van der Waals surface area contributed by atoms with E-state index in [-0.39, 0.29) is 0 Å². The minimum atomic E-state index is -3.45. The molecule has 0 aliphatic rings. The normalized spacial score (nSPS) is 11.3. The van der Waals surface area contributed by atoms with Crippen molar-refractivity contribution in [1.29, 1.82) is 5.26 Å². The molecule has 0 amide bonds.